The lowest BCUT2D eigenvalue weighted by atomic mass is 10.3. The largest absolute Gasteiger partial charge is 0.489 e. The molecule has 2 rings (SSSR count). The van der Waals surface area contributed by atoms with Gasteiger partial charge in [0.05, 0.1) is 12.9 Å². The summed E-state index contributed by atoms with van der Waals surface area (Å²) in [5.74, 6) is 0.936. The number of aliphatic imine (C=N–C) groups is 1. The number of halogens is 2. The molecule has 6 nitrogen and oxygen atoms in total. The van der Waals surface area contributed by atoms with E-state index >= 15 is 0 Å². The SMILES string of the molecule is CN=C(NCCCn1ccnc1)NCC(C)Oc1cccc(F)c1.I. The molecule has 0 spiro atoms. The summed E-state index contributed by atoms with van der Waals surface area (Å²) in [6.45, 7) is 4.20. The molecule has 138 valence electrons. The monoisotopic (exact) mass is 461 g/mol. The van der Waals surface area contributed by atoms with E-state index in [2.05, 4.69) is 20.6 Å². The third kappa shape index (κ3) is 8.19. The minimum absolute atomic E-state index is 0. The normalized spacial score (nSPS) is 12.2. The van der Waals surface area contributed by atoms with Crippen molar-refractivity contribution >= 4 is 29.9 Å². The maximum atomic E-state index is 13.1. The van der Waals surface area contributed by atoms with Gasteiger partial charge in [0, 0.05) is 38.6 Å². The molecular formula is C17H25FIN5O. The van der Waals surface area contributed by atoms with Gasteiger partial charge in [0.15, 0.2) is 5.96 Å². The summed E-state index contributed by atoms with van der Waals surface area (Å²) in [7, 11) is 1.73. The Bertz CT molecular complexity index is 636. The molecule has 0 aliphatic heterocycles. The van der Waals surface area contributed by atoms with Gasteiger partial charge < -0.3 is 19.9 Å². The van der Waals surface area contributed by atoms with Crippen LogP contribution in [0.25, 0.3) is 0 Å². The quantitative estimate of drug-likeness (QED) is 0.275. The van der Waals surface area contributed by atoms with E-state index in [1.165, 1.54) is 12.1 Å². The number of hydrogen-bond donors (Lipinski definition) is 2. The Morgan fingerprint density at radius 2 is 2.24 bits per heavy atom. The standard InChI is InChI=1S/C17H24FN5O.HI/c1-14(24-16-6-3-5-15(18)11-16)12-22-17(19-2)21-7-4-9-23-10-8-20-13-23;/h3,5-6,8,10-11,13-14H,4,7,9,12H2,1-2H3,(H2,19,21,22);1H. The van der Waals surface area contributed by atoms with Gasteiger partial charge in [0.2, 0.25) is 0 Å². The first-order valence-electron chi connectivity index (χ1n) is 8.00. The fourth-order valence-corrected chi connectivity index (χ4v) is 2.16. The van der Waals surface area contributed by atoms with Crippen molar-refractivity contribution in [2.24, 2.45) is 4.99 Å². The summed E-state index contributed by atoms with van der Waals surface area (Å²) in [6.07, 6.45) is 6.37. The van der Waals surface area contributed by atoms with Crippen molar-refractivity contribution in [1.82, 2.24) is 20.2 Å². The summed E-state index contributed by atoms with van der Waals surface area (Å²) >= 11 is 0. The van der Waals surface area contributed by atoms with E-state index in [9.17, 15) is 4.39 Å². The molecule has 0 fully saturated rings. The first kappa shape index (κ1) is 21.2. The molecule has 1 heterocycles. The van der Waals surface area contributed by atoms with E-state index in [-0.39, 0.29) is 35.9 Å². The summed E-state index contributed by atoms with van der Waals surface area (Å²) in [4.78, 5) is 8.19. The van der Waals surface area contributed by atoms with Crippen LogP contribution >= 0.6 is 24.0 Å². The molecule has 1 aromatic carbocycles. The highest BCUT2D eigenvalue weighted by Gasteiger charge is 2.06. The Labute approximate surface area is 164 Å². The maximum Gasteiger partial charge on any atom is 0.191 e. The first-order valence-corrected chi connectivity index (χ1v) is 8.00. The zero-order valence-corrected chi connectivity index (χ0v) is 16.8. The Morgan fingerprint density at radius 3 is 2.92 bits per heavy atom. The van der Waals surface area contributed by atoms with Gasteiger partial charge in [0.1, 0.15) is 17.7 Å². The molecule has 0 bridgehead atoms. The van der Waals surface area contributed by atoms with Gasteiger partial charge >= 0.3 is 0 Å². The van der Waals surface area contributed by atoms with Gasteiger partial charge in [-0.1, -0.05) is 6.07 Å². The van der Waals surface area contributed by atoms with Crippen molar-refractivity contribution < 1.29 is 9.13 Å². The van der Waals surface area contributed by atoms with Crippen LogP contribution in [0.15, 0.2) is 48.0 Å². The minimum Gasteiger partial charge on any atom is -0.489 e. The lowest BCUT2D eigenvalue weighted by Crippen LogP contribution is -2.42. The van der Waals surface area contributed by atoms with E-state index in [4.69, 9.17) is 4.74 Å². The maximum absolute atomic E-state index is 13.1. The Hall–Kier alpha value is -1.84. The molecule has 1 unspecified atom stereocenters. The number of imidazole rings is 1. The van der Waals surface area contributed by atoms with E-state index in [0.29, 0.717) is 12.3 Å². The predicted octanol–water partition coefficient (Wildman–Crippen LogP) is 2.66. The van der Waals surface area contributed by atoms with Gasteiger partial charge in [0.25, 0.3) is 0 Å². The van der Waals surface area contributed by atoms with Gasteiger partial charge in [-0.25, -0.2) is 9.37 Å². The molecule has 0 amide bonds. The lowest BCUT2D eigenvalue weighted by Gasteiger charge is -2.17. The second-order valence-electron chi connectivity index (χ2n) is 5.42. The zero-order valence-electron chi connectivity index (χ0n) is 14.5. The summed E-state index contributed by atoms with van der Waals surface area (Å²) in [6, 6.07) is 6.14. The van der Waals surface area contributed by atoms with Crippen LogP contribution in [0.3, 0.4) is 0 Å². The second-order valence-corrected chi connectivity index (χ2v) is 5.42. The number of guanidine groups is 1. The molecule has 0 saturated heterocycles. The first-order chi connectivity index (χ1) is 11.7. The average Bonchev–Trinajstić information content (AvgIpc) is 3.07. The number of benzene rings is 1. The number of rotatable bonds is 8. The fourth-order valence-electron chi connectivity index (χ4n) is 2.16. The molecule has 1 aromatic heterocycles. The molecule has 1 atom stereocenters. The lowest BCUT2D eigenvalue weighted by molar-refractivity contribution is 0.223. The Morgan fingerprint density at radius 1 is 1.40 bits per heavy atom. The molecule has 8 heteroatoms. The number of nitrogens with one attached hydrogen (secondary N) is 2. The fraction of sp³-hybridized carbons (Fsp3) is 0.412. The highest BCUT2D eigenvalue weighted by atomic mass is 127. The number of aromatic nitrogens is 2. The van der Waals surface area contributed by atoms with Crippen LogP contribution in [-0.2, 0) is 6.54 Å². The number of hydrogen-bond acceptors (Lipinski definition) is 3. The van der Waals surface area contributed by atoms with Crippen LogP contribution in [0.4, 0.5) is 4.39 Å². The van der Waals surface area contributed by atoms with E-state index in [1.807, 2.05) is 17.7 Å². The van der Waals surface area contributed by atoms with Crippen molar-refractivity contribution in [1.29, 1.82) is 0 Å². The van der Waals surface area contributed by atoms with Gasteiger partial charge in [-0.15, -0.1) is 24.0 Å². The van der Waals surface area contributed by atoms with Crippen LogP contribution in [0.5, 0.6) is 5.75 Å². The van der Waals surface area contributed by atoms with Gasteiger partial charge in [-0.3, -0.25) is 4.99 Å². The highest BCUT2D eigenvalue weighted by Crippen LogP contribution is 2.13. The van der Waals surface area contributed by atoms with E-state index in [0.717, 1.165) is 25.5 Å². The summed E-state index contributed by atoms with van der Waals surface area (Å²) < 4.78 is 20.8. The van der Waals surface area contributed by atoms with Crippen LogP contribution < -0.4 is 15.4 Å². The highest BCUT2D eigenvalue weighted by molar-refractivity contribution is 14.0. The zero-order chi connectivity index (χ0) is 17.2. The van der Waals surface area contributed by atoms with Gasteiger partial charge in [-0.2, -0.15) is 0 Å². The van der Waals surface area contributed by atoms with Crippen molar-refractivity contribution in [3.05, 3.63) is 48.8 Å². The molecule has 0 aliphatic rings. The molecule has 2 N–H and O–H groups in total. The molecule has 2 aromatic rings. The van der Waals surface area contributed by atoms with Crippen molar-refractivity contribution in [3.8, 4) is 5.75 Å². The van der Waals surface area contributed by atoms with Crippen LogP contribution in [-0.4, -0.2) is 41.8 Å². The molecule has 0 radical (unpaired) electrons. The third-order valence-electron chi connectivity index (χ3n) is 3.36. The second kappa shape index (κ2) is 11.7. The Balaban J connectivity index is 0.00000312. The van der Waals surface area contributed by atoms with E-state index < -0.39 is 0 Å². The third-order valence-corrected chi connectivity index (χ3v) is 3.36. The molecule has 0 saturated carbocycles. The Kier molecular flexibility index (Phi) is 9.90. The number of aryl methyl sites for hydroxylation is 1. The average molecular weight is 461 g/mol. The van der Waals surface area contributed by atoms with Crippen molar-refractivity contribution in [3.63, 3.8) is 0 Å². The van der Waals surface area contributed by atoms with Crippen LogP contribution in [0.1, 0.15) is 13.3 Å². The van der Waals surface area contributed by atoms with Crippen molar-refractivity contribution in [2.45, 2.75) is 26.0 Å². The minimum atomic E-state index is -0.303. The smallest absolute Gasteiger partial charge is 0.191 e. The van der Waals surface area contributed by atoms with Crippen LogP contribution in [0, 0.1) is 5.82 Å². The van der Waals surface area contributed by atoms with Gasteiger partial charge in [-0.05, 0) is 25.5 Å². The summed E-state index contributed by atoms with van der Waals surface area (Å²) in [5, 5.41) is 6.45. The van der Waals surface area contributed by atoms with Crippen molar-refractivity contribution in [2.75, 3.05) is 20.1 Å². The number of nitrogens with zero attached hydrogens (tertiary/aromatic N) is 3. The predicted molar refractivity (Wildman–Crippen MR) is 108 cm³/mol. The topological polar surface area (TPSA) is 63.5 Å². The molecule has 0 aliphatic carbocycles. The van der Waals surface area contributed by atoms with E-state index in [1.54, 1.807) is 31.7 Å². The molecular weight excluding hydrogens is 436 g/mol. The van der Waals surface area contributed by atoms with Crippen LogP contribution in [0.2, 0.25) is 0 Å². The summed E-state index contributed by atoms with van der Waals surface area (Å²) in [5.41, 5.74) is 0. The molecule has 25 heavy (non-hydrogen) atoms. The number of ether oxygens (including phenoxy) is 1.